The number of carboxylic acids is 1. The van der Waals surface area contributed by atoms with E-state index in [-0.39, 0.29) is 18.9 Å². The summed E-state index contributed by atoms with van der Waals surface area (Å²) >= 11 is 0. The van der Waals surface area contributed by atoms with E-state index in [0.29, 0.717) is 35.0 Å². The zero-order valence-electron chi connectivity index (χ0n) is 17.4. The van der Waals surface area contributed by atoms with Gasteiger partial charge in [0.2, 0.25) is 0 Å². The Labute approximate surface area is 180 Å². The molecule has 0 unspecified atom stereocenters. The summed E-state index contributed by atoms with van der Waals surface area (Å²) in [4.78, 5) is 26.0. The Hall–Kier alpha value is -2.71. The predicted octanol–water partition coefficient (Wildman–Crippen LogP) is 2.34. The first-order valence-corrected chi connectivity index (χ1v) is 10.5. The fraction of sp³-hybridized carbons (Fsp3) is 0.391. The smallest absolute Gasteiger partial charge is 0.479 e. The van der Waals surface area contributed by atoms with Crippen molar-refractivity contribution in [1.29, 1.82) is 0 Å². The van der Waals surface area contributed by atoms with Gasteiger partial charge in [-0.2, -0.15) is 0 Å². The molecule has 162 valence electrons. The lowest BCUT2D eigenvalue weighted by Crippen LogP contribution is -2.60. The first-order chi connectivity index (χ1) is 14.8. The molecule has 3 N–H and O–H groups in total. The van der Waals surface area contributed by atoms with Crippen LogP contribution in [0.2, 0.25) is 0 Å². The number of hydrogen-bond acceptors (Lipinski definition) is 4. The van der Waals surface area contributed by atoms with Gasteiger partial charge in [-0.1, -0.05) is 31.0 Å². The third-order valence-electron chi connectivity index (χ3n) is 6.66. The molecule has 0 spiro atoms. The highest BCUT2D eigenvalue weighted by Crippen LogP contribution is 2.37. The number of carbonyl (C=O) groups is 2. The average molecular weight is 425 g/mol. The lowest BCUT2D eigenvalue weighted by molar-refractivity contribution is -0.147. The van der Waals surface area contributed by atoms with Crippen LogP contribution >= 0.6 is 0 Å². The number of aliphatic carboxylic acids is 1. The Morgan fingerprint density at radius 1 is 1.19 bits per heavy atom. The zero-order valence-corrected chi connectivity index (χ0v) is 17.4. The monoisotopic (exact) mass is 425 g/mol. The zero-order chi connectivity index (χ0) is 22.2. The summed E-state index contributed by atoms with van der Waals surface area (Å²) in [5.74, 6) is -2.23. The molecule has 1 aliphatic heterocycles. The fourth-order valence-corrected chi connectivity index (χ4v) is 4.96. The molecule has 1 atom stereocenters. The van der Waals surface area contributed by atoms with Crippen molar-refractivity contribution in [1.82, 2.24) is 5.32 Å². The van der Waals surface area contributed by atoms with Gasteiger partial charge >= 0.3 is 13.1 Å². The van der Waals surface area contributed by atoms with E-state index in [1.165, 1.54) is 12.1 Å². The van der Waals surface area contributed by atoms with Gasteiger partial charge in [0.15, 0.2) is 0 Å². The summed E-state index contributed by atoms with van der Waals surface area (Å²) in [7, 11) is -1.10. The number of amides is 1. The van der Waals surface area contributed by atoms with Crippen molar-refractivity contribution in [2.24, 2.45) is 5.92 Å². The quantitative estimate of drug-likeness (QED) is 0.618. The molecule has 1 amide bonds. The van der Waals surface area contributed by atoms with E-state index in [1.807, 2.05) is 0 Å². The molecule has 1 heterocycles. The summed E-state index contributed by atoms with van der Waals surface area (Å²) in [5, 5.41) is 23.3. The van der Waals surface area contributed by atoms with Crippen molar-refractivity contribution in [2.45, 2.75) is 51.2 Å². The highest BCUT2D eigenvalue weighted by atomic mass is 19.1. The number of halogens is 1. The van der Waals surface area contributed by atoms with E-state index >= 15 is 0 Å². The topological polar surface area (TPSA) is 95.9 Å². The Morgan fingerprint density at radius 2 is 1.87 bits per heavy atom. The summed E-state index contributed by atoms with van der Waals surface area (Å²) < 4.78 is 18.6. The van der Waals surface area contributed by atoms with Crippen molar-refractivity contribution in [3.8, 4) is 0 Å². The molecule has 0 saturated heterocycles. The van der Waals surface area contributed by atoms with E-state index in [9.17, 15) is 24.1 Å². The van der Waals surface area contributed by atoms with Gasteiger partial charge in [0.1, 0.15) is 11.4 Å². The summed E-state index contributed by atoms with van der Waals surface area (Å²) in [6.45, 7) is 1.99. The highest BCUT2D eigenvalue weighted by molar-refractivity contribution is 6.62. The van der Waals surface area contributed by atoms with Crippen molar-refractivity contribution < 1.29 is 28.8 Å². The summed E-state index contributed by atoms with van der Waals surface area (Å²) in [6, 6.07) is 9.08. The van der Waals surface area contributed by atoms with Crippen LogP contribution in [-0.2, 0) is 22.5 Å². The van der Waals surface area contributed by atoms with Gasteiger partial charge < -0.3 is 20.1 Å². The van der Waals surface area contributed by atoms with Crippen LogP contribution in [0.5, 0.6) is 0 Å². The number of carbonyl (C=O) groups excluding carboxylic acids is 1. The number of fused-ring (bicyclic) bond motifs is 1. The largest absolute Gasteiger partial charge is 0.492 e. The van der Waals surface area contributed by atoms with Crippen LogP contribution in [0.1, 0.15) is 52.7 Å². The van der Waals surface area contributed by atoms with E-state index in [1.54, 1.807) is 31.2 Å². The molecule has 8 heteroatoms. The van der Waals surface area contributed by atoms with Crippen LogP contribution in [0.4, 0.5) is 4.39 Å². The van der Waals surface area contributed by atoms with Crippen LogP contribution in [0, 0.1) is 18.7 Å². The predicted molar refractivity (Wildman–Crippen MR) is 113 cm³/mol. The SMILES string of the molecule is Cc1c(C(=O)N[C@](Cc2ccc(F)cc2)(C(=O)O)C2CCCC2)ccc2c1B(O)OC2. The fourth-order valence-electron chi connectivity index (χ4n) is 4.96. The van der Waals surface area contributed by atoms with Gasteiger partial charge in [-0.15, -0.1) is 0 Å². The number of carboxylic acid groups (broad SMARTS) is 1. The first-order valence-electron chi connectivity index (χ1n) is 10.5. The van der Waals surface area contributed by atoms with Gasteiger partial charge in [0, 0.05) is 12.0 Å². The molecule has 4 rings (SSSR count). The highest BCUT2D eigenvalue weighted by Gasteiger charge is 2.48. The van der Waals surface area contributed by atoms with Gasteiger partial charge in [-0.3, -0.25) is 4.79 Å². The molecule has 6 nitrogen and oxygen atoms in total. The van der Waals surface area contributed by atoms with Crippen LogP contribution in [0.15, 0.2) is 36.4 Å². The minimum atomic E-state index is -1.51. The molecule has 0 bridgehead atoms. The molecule has 2 aliphatic rings. The summed E-state index contributed by atoms with van der Waals surface area (Å²) in [5.41, 5.74) is 1.40. The Kier molecular flexibility index (Phi) is 5.86. The molecule has 0 radical (unpaired) electrons. The molecule has 2 aromatic carbocycles. The van der Waals surface area contributed by atoms with Gasteiger partial charge in [0.25, 0.3) is 5.91 Å². The van der Waals surface area contributed by atoms with Gasteiger partial charge in [-0.05, 0) is 66.0 Å². The number of hydrogen-bond donors (Lipinski definition) is 3. The van der Waals surface area contributed by atoms with Crippen LogP contribution in [0.3, 0.4) is 0 Å². The lowest BCUT2D eigenvalue weighted by atomic mass is 9.74. The Bertz CT molecular complexity index is 1010. The van der Waals surface area contributed by atoms with Crippen molar-refractivity contribution >= 4 is 24.5 Å². The molecule has 2 aromatic rings. The number of nitrogens with one attached hydrogen (secondary N) is 1. The standard InChI is InChI=1S/C23H25BFNO5/c1-14-19(11-8-16-13-31-24(30)20(14)16)21(27)26-23(22(28)29,17-4-2-3-5-17)12-15-6-9-18(25)10-7-15/h6-11,17,30H,2-5,12-13H2,1H3,(H,26,27)(H,28,29)/t23-/m0/s1. The second-order valence-corrected chi connectivity index (χ2v) is 8.49. The lowest BCUT2D eigenvalue weighted by Gasteiger charge is -2.36. The summed E-state index contributed by atoms with van der Waals surface area (Å²) in [6.07, 6.45) is 3.27. The molecule has 0 aromatic heterocycles. The van der Waals surface area contributed by atoms with Crippen LogP contribution < -0.4 is 10.8 Å². The van der Waals surface area contributed by atoms with E-state index in [0.717, 1.165) is 18.4 Å². The normalized spacial score (nSPS) is 18.0. The first kappa shape index (κ1) is 21.5. The molecule has 1 saturated carbocycles. The Morgan fingerprint density at radius 3 is 2.52 bits per heavy atom. The maximum atomic E-state index is 13.4. The maximum absolute atomic E-state index is 13.4. The maximum Gasteiger partial charge on any atom is 0.492 e. The van der Waals surface area contributed by atoms with Crippen molar-refractivity contribution in [2.75, 3.05) is 0 Å². The molecular formula is C23H25BFNO5. The number of benzene rings is 2. The van der Waals surface area contributed by atoms with Crippen molar-refractivity contribution in [3.05, 3.63) is 64.5 Å². The molecule has 1 fully saturated rings. The molecule has 31 heavy (non-hydrogen) atoms. The average Bonchev–Trinajstić information content (AvgIpc) is 3.40. The molecule has 1 aliphatic carbocycles. The molecular weight excluding hydrogens is 400 g/mol. The second kappa shape index (κ2) is 8.44. The van der Waals surface area contributed by atoms with E-state index in [4.69, 9.17) is 4.65 Å². The van der Waals surface area contributed by atoms with Crippen molar-refractivity contribution in [3.63, 3.8) is 0 Å². The number of rotatable bonds is 6. The third kappa shape index (κ3) is 3.97. The second-order valence-electron chi connectivity index (χ2n) is 8.49. The van der Waals surface area contributed by atoms with E-state index in [2.05, 4.69) is 5.32 Å². The minimum Gasteiger partial charge on any atom is -0.479 e. The van der Waals surface area contributed by atoms with Crippen LogP contribution in [0.25, 0.3) is 0 Å². The Balaban J connectivity index is 1.70. The van der Waals surface area contributed by atoms with Gasteiger partial charge in [0.05, 0.1) is 6.61 Å². The van der Waals surface area contributed by atoms with E-state index < -0.39 is 30.4 Å². The van der Waals surface area contributed by atoms with Crippen LogP contribution in [-0.4, -0.2) is 34.7 Å². The minimum absolute atomic E-state index is 0.0642. The third-order valence-corrected chi connectivity index (χ3v) is 6.66. The van der Waals surface area contributed by atoms with Gasteiger partial charge in [-0.25, -0.2) is 9.18 Å².